The van der Waals surface area contributed by atoms with Crippen LogP contribution in [0.5, 0.6) is 0 Å². The van der Waals surface area contributed by atoms with Crippen LogP contribution in [0.1, 0.15) is 10.4 Å². The van der Waals surface area contributed by atoms with Crippen LogP contribution in [0.2, 0.25) is 5.02 Å². The van der Waals surface area contributed by atoms with Crippen molar-refractivity contribution in [2.45, 2.75) is 0 Å². The largest absolute Gasteiger partial charge is 0.436 e. The molecule has 0 radical (unpaired) electrons. The molecule has 0 aliphatic carbocycles. The van der Waals surface area contributed by atoms with Gasteiger partial charge < -0.3 is 9.73 Å². The average Bonchev–Trinajstić information content (AvgIpc) is 3.07. The molecule has 1 N–H and O–H groups in total. The van der Waals surface area contributed by atoms with Crippen molar-refractivity contribution in [3.8, 4) is 11.5 Å². The second-order valence-electron chi connectivity index (χ2n) is 5.79. The number of aromatic nitrogens is 1. The molecule has 3 aromatic carbocycles. The molecule has 0 saturated heterocycles. The zero-order valence-corrected chi connectivity index (χ0v) is 16.0. The van der Waals surface area contributed by atoms with Crippen molar-refractivity contribution in [2.24, 2.45) is 0 Å². The highest BCUT2D eigenvalue weighted by atomic mass is 79.9. The number of rotatable bonds is 3. The molecule has 0 saturated carbocycles. The molecule has 134 valence electrons. The number of fused-ring (bicyclic) bond motifs is 1. The van der Waals surface area contributed by atoms with E-state index in [9.17, 15) is 9.18 Å². The summed E-state index contributed by atoms with van der Waals surface area (Å²) in [5.41, 5.74) is 2.55. The Balaban J connectivity index is 1.65. The predicted molar refractivity (Wildman–Crippen MR) is 107 cm³/mol. The Morgan fingerprint density at radius 3 is 2.78 bits per heavy atom. The quantitative estimate of drug-likeness (QED) is 0.402. The Morgan fingerprint density at radius 1 is 1.11 bits per heavy atom. The van der Waals surface area contributed by atoms with Gasteiger partial charge in [-0.3, -0.25) is 4.79 Å². The number of hydrogen-bond acceptors (Lipinski definition) is 3. The van der Waals surface area contributed by atoms with Crippen molar-refractivity contribution in [1.82, 2.24) is 4.98 Å². The molecule has 4 nitrogen and oxygen atoms in total. The molecule has 0 spiro atoms. The van der Waals surface area contributed by atoms with E-state index < -0.39 is 11.7 Å². The maximum atomic E-state index is 13.3. The predicted octanol–water partition coefficient (Wildman–Crippen LogP) is 6.30. The number of benzene rings is 3. The van der Waals surface area contributed by atoms with Crippen LogP contribution in [-0.2, 0) is 0 Å². The molecule has 0 aliphatic rings. The van der Waals surface area contributed by atoms with Gasteiger partial charge in [-0.2, -0.15) is 0 Å². The lowest BCUT2D eigenvalue weighted by atomic mass is 10.2. The highest BCUT2D eigenvalue weighted by molar-refractivity contribution is 9.10. The highest BCUT2D eigenvalue weighted by Crippen LogP contribution is 2.33. The van der Waals surface area contributed by atoms with Crippen molar-refractivity contribution in [1.29, 1.82) is 0 Å². The SMILES string of the molecule is O=C(Nc1ccc2oc(-c3cc(Br)ccc3Cl)nc2c1)c1cccc(F)c1. The van der Waals surface area contributed by atoms with Crippen LogP contribution in [0, 0.1) is 5.82 Å². The average molecular weight is 446 g/mol. The fourth-order valence-corrected chi connectivity index (χ4v) is 3.17. The number of nitrogens with zero attached hydrogens (tertiary/aromatic N) is 1. The van der Waals surface area contributed by atoms with Gasteiger partial charge in [0.25, 0.3) is 5.91 Å². The molecule has 27 heavy (non-hydrogen) atoms. The van der Waals surface area contributed by atoms with Gasteiger partial charge in [-0.25, -0.2) is 9.37 Å². The zero-order valence-electron chi connectivity index (χ0n) is 13.7. The fourth-order valence-electron chi connectivity index (χ4n) is 2.61. The molecule has 0 aliphatic heterocycles. The van der Waals surface area contributed by atoms with Crippen molar-refractivity contribution in [3.63, 3.8) is 0 Å². The normalized spacial score (nSPS) is 10.9. The maximum Gasteiger partial charge on any atom is 0.255 e. The molecular weight excluding hydrogens is 435 g/mol. The topological polar surface area (TPSA) is 55.1 Å². The van der Waals surface area contributed by atoms with Gasteiger partial charge in [0.05, 0.1) is 10.6 Å². The van der Waals surface area contributed by atoms with E-state index in [4.69, 9.17) is 16.0 Å². The van der Waals surface area contributed by atoms with Crippen LogP contribution in [0.25, 0.3) is 22.6 Å². The molecule has 0 atom stereocenters. The summed E-state index contributed by atoms with van der Waals surface area (Å²) in [6, 6.07) is 16.0. The first-order valence-corrected chi connectivity index (χ1v) is 9.09. The minimum atomic E-state index is -0.467. The first-order chi connectivity index (χ1) is 13.0. The highest BCUT2D eigenvalue weighted by Gasteiger charge is 2.14. The van der Waals surface area contributed by atoms with E-state index >= 15 is 0 Å². The van der Waals surface area contributed by atoms with E-state index in [0.717, 1.165) is 4.47 Å². The minimum absolute atomic E-state index is 0.233. The van der Waals surface area contributed by atoms with Gasteiger partial charge in [0.15, 0.2) is 5.58 Å². The van der Waals surface area contributed by atoms with Gasteiger partial charge in [-0.15, -0.1) is 0 Å². The Morgan fingerprint density at radius 2 is 1.96 bits per heavy atom. The smallest absolute Gasteiger partial charge is 0.255 e. The number of nitrogens with one attached hydrogen (secondary N) is 1. The Labute approximate surface area is 167 Å². The van der Waals surface area contributed by atoms with E-state index in [1.807, 2.05) is 12.1 Å². The Hall–Kier alpha value is -2.70. The summed E-state index contributed by atoms with van der Waals surface area (Å²) >= 11 is 9.63. The lowest BCUT2D eigenvalue weighted by Crippen LogP contribution is -2.11. The van der Waals surface area contributed by atoms with Crippen LogP contribution in [0.15, 0.2) is 69.6 Å². The molecule has 0 unspecified atom stereocenters. The summed E-state index contributed by atoms with van der Waals surface area (Å²) in [4.78, 5) is 16.7. The second-order valence-corrected chi connectivity index (χ2v) is 7.11. The van der Waals surface area contributed by atoms with Gasteiger partial charge in [-0.1, -0.05) is 33.6 Å². The third kappa shape index (κ3) is 3.72. The number of oxazole rings is 1. The Kier molecular flexibility index (Phi) is 4.68. The first kappa shape index (κ1) is 17.7. The molecule has 4 rings (SSSR count). The fraction of sp³-hybridized carbons (Fsp3) is 0. The van der Waals surface area contributed by atoms with Gasteiger partial charge in [0, 0.05) is 15.7 Å². The number of carbonyl (C=O) groups excluding carboxylic acids is 1. The van der Waals surface area contributed by atoms with E-state index in [2.05, 4.69) is 26.2 Å². The van der Waals surface area contributed by atoms with Crippen LogP contribution in [0.3, 0.4) is 0 Å². The standard InChI is InChI=1S/C20H11BrClFN2O2/c21-12-4-6-16(22)15(9-12)20-25-17-10-14(5-7-18(17)27-20)24-19(26)11-2-1-3-13(23)8-11/h1-10H,(H,24,26). The third-order valence-electron chi connectivity index (χ3n) is 3.89. The molecule has 0 bridgehead atoms. The van der Waals surface area contributed by atoms with Crippen LogP contribution < -0.4 is 5.32 Å². The van der Waals surface area contributed by atoms with Gasteiger partial charge in [-0.05, 0) is 54.6 Å². The molecule has 1 heterocycles. The minimum Gasteiger partial charge on any atom is -0.436 e. The van der Waals surface area contributed by atoms with Crippen LogP contribution in [-0.4, -0.2) is 10.9 Å². The van der Waals surface area contributed by atoms with Crippen LogP contribution in [0.4, 0.5) is 10.1 Å². The van der Waals surface area contributed by atoms with Gasteiger partial charge in [0.2, 0.25) is 5.89 Å². The van der Waals surface area contributed by atoms with E-state index in [1.54, 1.807) is 30.3 Å². The number of hydrogen-bond donors (Lipinski definition) is 1. The summed E-state index contributed by atoms with van der Waals surface area (Å²) in [5, 5.41) is 3.24. The van der Waals surface area contributed by atoms with E-state index in [-0.39, 0.29) is 5.56 Å². The van der Waals surface area contributed by atoms with Crippen molar-refractivity contribution >= 4 is 50.2 Å². The summed E-state index contributed by atoms with van der Waals surface area (Å²) in [7, 11) is 0. The first-order valence-electron chi connectivity index (χ1n) is 7.92. The van der Waals surface area contributed by atoms with Crippen molar-refractivity contribution in [3.05, 3.63) is 81.5 Å². The maximum absolute atomic E-state index is 13.3. The van der Waals surface area contributed by atoms with E-state index in [1.165, 1.54) is 18.2 Å². The summed E-state index contributed by atoms with van der Waals surface area (Å²) in [6.45, 7) is 0. The van der Waals surface area contributed by atoms with Gasteiger partial charge in [0.1, 0.15) is 11.3 Å². The van der Waals surface area contributed by atoms with Crippen LogP contribution >= 0.6 is 27.5 Å². The summed E-state index contributed by atoms with van der Waals surface area (Å²) in [6.07, 6.45) is 0. The van der Waals surface area contributed by atoms with Crippen molar-refractivity contribution in [2.75, 3.05) is 5.32 Å². The number of halogens is 3. The van der Waals surface area contributed by atoms with Crippen molar-refractivity contribution < 1.29 is 13.6 Å². The molecule has 7 heteroatoms. The lowest BCUT2D eigenvalue weighted by Gasteiger charge is -2.04. The third-order valence-corrected chi connectivity index (χ3v) is 4.71. The number of anilines is 1. The number of carbonyl (C=O) groups is 1. The summed E-state index contributed by atoms with van der Waals surface area (Å²) < 4.78 is 19.9. The monoisotopic (exact) mass is 444 g/mol. The molecule has 1 aromatic heterocycles. The molecule has 4 aromatic rings. The van der Waals surface area contributed by atoms with Gasteiger partial charge >= 0.3 is 0 Å². The Bertz CT molecular complexity index is 1180. The molecule has 0 fully saturated rings. The zero-order chi connectivity index (χ0) is 19.0. The van der Waals surface area contributed by atoms with E-state index in [0.29, 0.717) is 33.3 Å². The molecule has 1 amide bonds. The summed E-state index contributed by atoms with van der Waals surface area (Å²) in [5.74, 6) is -0.498. The second kappa shape index (κ2) is 7.13. The number of amides is 1. The molecular formula is C20H11BrClFN2O2. The lowest BCUT2D eigenvalue weighted by molar-refractivity contribution is 0.102.